The molecule has 0 saturated carbocycles. The van der Waals surface area contributed by atoms with Crippen LogP contribution < -0.4 is 0 Å². The van der Waals surface area contributed by atoms with Gasteiger partial charge in [0.2, 0.25) is 5.91 Å². The maximum Gasteiger partial charge on any atom is 0.236 e. The first-order valence-electron chi connectivity index (χ1n) is 9.60. The molecule has 6 heteroatoms. The van der Waals surface area contributed by atoms with Crippen molar-refractivity contribution in [1.82, 2.24) is 14.7 Å². The molecule has 1 spiro atoms. The molecule has 142 valence electrons. The highest BCUT2D eigenvalue weighted by Crippen LogP contribution is 2.37. The van der Waals surface area contributed by atoms with Gasteiger partial charge in [-0.15, -0.1) is 0 Å². The molecule has 4 rings (SSSR count). The summed E-state index contributed by atoms with van der Waals surface area (Å²) in [7, 11) is 2.17. The Hall–Kier alpha value is -1.47. The molecule has 1 unspecified atom stereocenters. The molecule has 1 amide bonds. The molecule has 1 aromatic carbocycles. The monoisotopic (exact) mass is 359 g/mol. The van der Waals surface area contributed by atoms with Gasteiger partial charge in [0.05, 0.1) is 39.5 Å². The Morgan fingerprint density at radius 3 is 2.69 bits per heavy atom. The van der Waals surface area contributed by atoms with Crippen molar-refractivity contribution < 1.29 is 14.3 Å². The number of nitrogens with zero attached hydrogens (tertiary/aromatic N) is 3. The minimum absolute atomic E-state index is 0.115. The van der Waals surface area contributed by atoms with E-state index < -0.39 is 0 Å². The smallest absolute Gasteiger partial charge is 0.236 e. The molecular weight excluding hydrogens is 330 g/mol. The lowest BCUT2D eigenvalue weighted by molar-refractivity contribution is -0.159. The first-order valence-corrected chi connectivity index (χ1v) is 9.60. The van der Waals surface area contributed by atoms with Crippen molar-refractivity contribution in [2.24, 2.45) is 0 Å². The number of rotatable bonds is 5. The maximum atomic E-state index is 12.5. The molecular formula is C20H29N3O3. The van der Waals surface area contributed by atoms with Gasteiger partial charge in [-0.2, -0.15) is 0 Å². The van der Waals surface area contributed by atoms with Gasteiger partial charge in [0.1, 0.15) is 5.60 Å². The van der Waals surface area contributed by atoms with Gasteiger partial charge in [0.25, 0.3) is 0 Å². The average Bonchev–Trinajstić information content (AvgIpc) is 3.08. The Labute approximate surface area is 155 Å². The fourth-order valence-corrected chi connectivity index (χ4v) is 4.20. The van der Waals surface area contributed by atoms with Gasteiger partial charge in [-0.3, -0.25) is 14.6 Å². The number of ether oxygens (including phenoxy) is 2. The lowest BCUT2D eigenvalue weighted by Crippen LogP contribution is -2.65. The van der Waals surface area contributed by atoms with Crippen LogP contribution in [-0.4, -0.2) is 91.8 Å². The Morgan fingerprint density at radius 2 is 1.96 bits per heavy atom. The quantitative estimate of drug-likeness (QED) is 0.779. The summed E-state index contributed by atoms with van der Waals surface area (Å²) in [5.41, 5.74) is 1.21. The Balaban J connectivity index is 1.23. The molecule has 6 nitrogen and oxygen atoms in total. The second-order valence-electron chi connectivity index (χ2n) is 7.89. The van der Waals surface area contributed by atoms with Crippen LogP contribution in [-0.2, 0) is 20.8 Å². The number of likely N-dealkylation sites (tertiary alicyclic amines) is 1. The molecule has 0 N–H and O–H groups in total. The predicted molar refractivity (Wildman–Crippen MR) is 98.8 cm³/mol. The number of hydrogen-bond acceptors (Lipinski definition) is 5. The molecule has 0 bridgehead atoms. The van der Waals surface area contributed by atoms with E-state index in [1.54, 1.807) is 0 Å². The first-order chi connectivity index (χ1) is 12.6. The van der Waals surface area contributed by atoms with Gasteiger partial charge in [-0.1, -0.05) is 30.3 Å². The standard InChI is InChI=1S/C20H29N3O3/c1-21(12-17-5-3-2-4-6-17)18-11-20(26-14-18)15-23(16-20)19(24)13-22-7-9-25-10-8-22/h2-6,18H,7-16H2,1H3. The molecule has 3 heterocycles. The van der Waals surface area contributed by atoms with E-state index >= 15 is 0 Å². The van der Waals surface area contributed by atoms with Crippen molar-refractivity contribution >= 4 is 5.91 Å². The fourth-order valence-electron chi connectivity index (χ4n) is 4.20. The fraction of sp³-hybridized carbons (Fsp3) is 0.650. The molecule has 3 saturated heterocycles. The lowest BCUT2D eigenvalue weighted by atomic mass is 9.89. The van der Waals surface area contributed by atoms with Crippen LogP contribution in [0.25, 0.3) is 0 Å². The molecule has 26 heavy (non-hydrogen) atoms. The average molecular weight is 359 g/mol. The molecule has 0 radical (unpaired) electrons. The third-order valence-electron chi connectivity index (χ3n) is 5.86. The van der Waals surface area contributed by atoms with Crippen molar-refractivity contribution in [3.63, 3.8) is 0 Å². The van der Waals surface area contributed by atoms with E-state index in [2.05, 4.69) is 41.1 Å². The number of carbonyl (C=O) groups is 1. The Bertz CT molecular complexity index is 612. The summed E-state index contributed by atoms with van der Waals surface area (Å²) in [6.45, 7) is 6.86. The topological polar surface area (TPSA) is 45.2 Å². The largest absolute Gasteiger partial charge is 0.379 e. The summed E-state index contributed by atoms with van der Waals surface area (Å²) in [6.07, 6.45) is 1.01. The Morgan fingerprint density at radius 1 is 1.23 bits per heavy atom. The van der Waals surface area contributed by atoms with E-state index in [1.807, 2.05) is 11.0 Å². The van der Waals surface area contributed by atoms with Crippen molar-refractivity contribution in [2.75, 3.05) is 59.6 Å². The molecule has 3 aliphatic heterocycles. The summed E-state index contributed by atoms with van der Waals surface area (Å²) in [5.74, 6) is 0.224. The van der Waals surface area contributed by atoms with Crippen molar-refractivity contribution in [1.29, 1.82) is 0 Å². The molecule has 0 aliphatic carbocycles. The zero-order valence-corrected chi connectivity index (χ0v) is 15.6. The van der Waals surface area contributed by atoms with E-state index in [-0.39, 0.29) is 11.5 Å². The van der Waals surface area contributed by atoms with E-state index in [9.17, 15) is 4.79 Å². The molecule has 1 atom stereocenters. The van der Waals surface area contributed by atoms with Gasteiger partial charge >= 0.3 is 0 Å². The minimum Gasteiger partial charge on any atom is -0.379 e. The normalized spacial score (nSPS) is 25.6. The number of morpholine rings is 1. The lowest BCUT2D eigenvalue weighted by Gasteiger charge is -2.47. The molecule has 3 aliphatic rings. The molecule has 0 aromatic heterocycles. The number of benzene rings is 1. The number of likely N-dealkylation sites (N-methyl/N-ethyl adjacent to an activating group) is 1. The number of hydrogen-bond donors (Lipinski definition) is 0. The van der Waals surface area contributed by atoms with Crippen LogP contribution in [0.5, 0.6) is 0 Å². The number of amides is 1. The maximum absolute atomic E-state index is 12.5. The van der Waals surface area contributed by atoms with Crippen molar-refractivity contribution in [2.45, 2.75) is 24.6 Å². The van der Waals surface area contributed by atoms with E-state index in [0.29, 0.717) is 12.6 Å². The Kier molecular flexibility index (Phi) is 5.27. The van der Waals surface area contributed by atoms with E-state index in [4.69, 9.17) is 9.47 Å². The third kappa shape index (κ3) is 3.93. The highest BCUT2D eigenvalue weighted by Gasteiger charge is 2.51. The van der Waals surface area contributed by atoms with Crippen LogP contribution >= 0.6 is 0 Å². The van der Waals surface area contributed by atoms with Gasteiger partial charge in [-0.25, -0.2) is 0 Å². The summed E-state index contributed by atoms with van der Waals surface area (Å²) in [4.78, 5) is 19.0. The SMILES string of the molecule is CN(Cc1ccccc1)C1COC2(C1)CN(C(=O)CN1CCOCC1)C2. The van der Waals surface area contributed by atoms with Crippen LogP contribution in [0.1, 0.15) is 12.0 Å². The second kappa shape index (κ2) is 7.64. The van der Waals surface area contributed by atoms with E-state index in [1.165, 1.54) is 5.56 Å². The summed E-state index contributed by atoms with van der Waals surface area (Å²) in [6, 6.07) is 11.0. The minimum atomic E-state index is -0.115. The van der Waals surface area contributed by atoms with Crippen LogP contribution in [0.15, 0.2) is 30.3 Å². The van der Waals surface area contributed by atoms with Crippen LogP contribution in [0.3, 0.4) is 0 Å². The molecule has 1 aromatic rings. The summed E-state index contributed by atoms with van der Waals surface area (Å²) >= 11 is 0. The van der Waals surface area contributed by atoms with Gasteiger partial charge in [-0.05, 0) is 19.0 Å². The first kappa shape index (κ1) is 17.9. The van der Waals surface area contributed by atoms with Gasteiger partial charge < -0.3 is 14.4 Å². The van der Waals surface area contributed by atoms with Gasteiger partial charge in [0, 0.05) is 25.7 Å². The summed E-state index contributed by atoms with van der Waals surface area (Å²) in [5, 5.41) is 0. The molecule has 3 fully saturated rings. The van der Waals surface area contributed by atoms with Gasteiger partial charge in [0.15, 0.2) is 0 Å². The highest BCUT2D eigenvalue weighted by atomic mass is 16.5. The van der Waals surface area contributed by atoms with Crippen molar-refractivity contribution in [3.05, 3.63) is 35.9 Å². The zero-order chi connectivity index (χ0) is 18.0. The summed E-state index contributed by atoms with van der Waals surface area (Å²) < 4.78 is 11.5. The zero-order valence-electron chi connectivity index (χ0n) is 15.6. The van der Waals surface area contributed by atoms with Crippen LogP contribution in [0.2, 0.25) is 0 Å². The third-order valence-corrected chi connectivity index (χ3v) is 5.86. The van der Waals surface area contributed by atoms with Crippen LogP contribution in [0.4, 0.5) is 0 Å². The van der Waals surface area contributed by atoms with Crippen LogP contribution in [0, 0.1) is 0 Å². The van der Waals surface area contributed by atoms with Crippen molar-refractivity contribution in [3.8, 4) is 0 Å². The van der Waals surface area contributed by atoms with E-state index in [0.717, 1.165) is 59.0 Å². The second-order valence-corrected chi connectivity index (χ2v) is 7.89. The number of carbonyl (C=O) groups excluding carboxylic acids is 1. The highest BCUT2D eigenvalue weighted by molar-refractivity contribution is 5.79. The predicted octanol–water partition coefficient (Wildman–Crippen LogP) is 0.821.